The first-order valence-electron chi connectivity index (χ1n) is 5.53. The fourth-order valence-electron chi connectivity index (χ4n) is 1.56. The fraction of sp³-hybridized carbons (Fsp3) is 0.417. The summed E-state index contributed by atoms with van der Waals surface area (Å²) in [6, 6.07) is 6.23. The van der Waals surface area contributed by atoms with E-state index < -0.39 is 11.0 Å². The molecule has 6 heteroatoms. The summed E-state index contributed by atoms with van der Waals surface area (Å²) in [5.74, 6) is 0. The summed E-state index contributed by atoms with van der Waals surface area (Å²) in [5.41, 5.74) is 0.608. The summed E-state index contributed by atoms with van der Waals surface area (Å²) in [4.78, 5) is 12.1. The van der Waals surface area contributed by atoms with E-state index in [9.17, 15) is 15.2 Å². The maximum absolute atomic E-state index is 11.0. The van der Waals surface area contributed by atoms with Crippen molar-refractivity contribution < 1.29 is 10.0 Å². The van der Waals surface area contributed by atoms with Crippen LogP contribution in [0.15, 0.2) is 18.2 Å². The molecule has 6 nitrogen and oxygen atoms in total. The SMILES string of the molecule is CC(O)CCN(C)c1ccc(C#N)cc1[N+](=O)[O-]. The van der Waals surface area contributed by atoms with E-state index in [1.807, 2.05) is 6.07 Å². The van der Waals surface area contributed by atoms with Gasteiger partial charge in [0.25, 0.3) is 5.69 Å². The van der Waals surface area contributed by atoms with E-state index in [0.29, 0.717) is 18.7 Å². The Bertz CT molecular complexity index is 480. The predicted molar refractivity (Wildman–Crippen MR) is 67.4 cm³/mol. The number of hydrogen-bond donors (Lipinski definition) is 1. The molecule has 1 N–H and O–H groups in total. The molecule has 1 unspecified atom stereocenters. The van der Waals surface area contributed by atoms with E-state index in [0.717, 1.165) is 0 Å². The molecule has 96 valence electrons. The first-order chi connectivity index (χ1) is 8.45. The number of nitrogens with zero attached hydrogens (tertiary/aromatic N) is 3. The van der Waals surface area contributed by atoms with Gasteiger partial charge in [-0.2, -0.15) is 5.26 Å². The molecular weight excluding hydrogens is 234 g/mol. The molecule has 0 radical (unpaired) electrons. The number of nitriles is 1. The Morgan fingerprint density at radius 1 is 1.61 bits per heavy atom. The van der Waals surface area contributed by atoms with Crippen LogP contribution in [0.1, 0.15) is 18.9 Å². The number of aliphatic hydroxyl groups excluding tert-OH is 1. The smallest absolute Gasteiger partial charge is 0.293 e. The Labute approximate surface area is 105 Å². The van der Waals surface area contributed by atoms with Crippen LogP contribution in [0.25, 0.3) is 0 Å². The highest BCUT2D eigenvalue weighted by molar-refractivity contribution is 5.65. The number of nitro benzene ring substituents is 1. The molecule has 0 spiro atoms. The zero-order chi connectivity index (χ0) is 13.7. The highest BCUT2D eigenvalue weighted by Gasteiger charge is 2.18. The molecule has 0 saturated heterocycles. The summed E-state index contributed by atoms with van der Waals surface area (Å²) in [6.45, 7) is 2.17. The Balaban J connectivity index is 3.01. The summed E-state index contributed by atoms with van der Waals surface area (Å²) in [5, 5.41) is 28.9. The molecule has 0 amide bonds. The molecule has 0 fully saturated rings. The maximum Gasteiger partial charge on any atom is 0.293 e. The van der Waals surface area contributed by atoms with Gasteiger partial charge in [0, 0.05) is 19.7 Å². The van der Waals surface area contributed by atoms with Crippen molar-refractivity contribution in [1.29, 1.82) is 5.26 Å². The quantitative estimate of drug-likeness (QED) is 0.633. The number of nitro groups is 1. The Hall–Kier alpha value is -2.13. The lowest BCUT2D eigenvalue weighted by Crippen LogP contribution is -2.22. The topological polar surface area (TPSA) is 90.4 Å². The van der Waals surface area contributed by atoms with Crippen LogP contribution < -0.4 is 4.90 Å². The first-order valence-corrected chi connectivity index (χ1v) is 5.53. The molecule has 1 atom stereocenters. The Morgan fingerprint density at radius 2 is 2.28 bits per heavy atom. The molecule has 1 aromatic carbocycles. The zero-order valence-electron chi connectivity index (χ0n) is 10.3. The molecule has 0 aliphatic carbocycles. The van der Waals surface area contributed by atoms with E-state index in [2.05, 4.69) is 0 Å². The molecule has 0 aliphatic heterocycles. The second kappa shape index (κ2) is 5.98. The number of anilines is 1. The standard InChI is InChI=1S/C12H15N3O3/c1-9(16)5-6-14(2)11-4-3-10(8-13)7-12(11)15(17)18/h3-4,7,9,16H,5-6H2,1-2H3. The molecule has 0 aliphatic rings. The van der Waals surface area contributed by atoms with E-state index >= 15 is 0 Å². The van der Waals surface area contributed by atoms with Crippen LogP contribution in [-0.4, -0.2) is 29.7 Å². The maximum atomic E-state index is 11.0. The predicted octanol–water partition coefficient (Wildman–Crippen LogP) is 1.67. The van der Waals surface area contributed by atoms with Crippen molar-refractivity contribution in [2.75, 3.05) is 18.5 Å². The van der Waals surface area contributed by atoms with Gasteiger partial charge in [-0.3, -0.25) is 10.1 Å². The third-order valence-corrected chi connectivity index (χ3v) is 2.59. The van der Waals surface area contributed by atoms with Crippen LogP contribution >= 0.6 is 0 Å². The molecule has 0 bridgehead atoms. The van der Waals surface area contributed by atoms with Crippen LogP contribution in [0.3, 0.4) is 0 Å². The molecule has 18 heavy (non-hydrogen) atoms. The molecule has 0 heterocycles. The number of benzene rings is 1. The lowest BCUT2D eigenvalue weighted by atomic mass is 10.1. The minimum Gasteiger partial charge on any atom is -0.393 e. The zero-order valence-corrected chi connectivity index (χ0v) is 10.3. The van der Waals surface area contributed by atoms with Crippen molar-refractivity contribution in [1.82, 2.24) is 0 Å². The number of rotatable bonds is 5. The van der Waals surface area contributed by atoms with E-state index in [1.165, 1.54) is 6.07 Å². The van der Waals surface area contributed by atoms with Crippen molar-refractivity contribution in [3.63, 3.8) is 0 Å². The average molecular weight is 249 g/mol. The Kier molecular flexibility index (Phi) is 4.63. The van der Waals surface area contributed by atoms with Crippen molar-refractivity contribution in [3.05, 3.63) is 33.9 Å². The van der Waals surface area contributed by atoms with Crippen LogP contribution in [0.2, 0.25) is 0 Å². The van der Waals surface area contributed by atoms with Crippen molar-refractivity contribution in [3.8, 4) is 6.07 Å². The van der Waals surface area contributed by atoms with Gasteiger partial charge in [0.15, 0.2) is 0 Å². The minimum absolute atomic E-state index is 0.0952. The molecule has 1 rings (SSSR count). The number of aliphatic hydroxyl groups is 1. The summed E-state index contributed by atoms with van der Waals surface area (Å²) in [6.07, 6.45) is 0.0677. The largest absolute Gasteiger partial charge is 0.393 e. The van der Waals surface area contributed by atoms with Gasteiger partial charge in [0.1, 0.15) is 5.69 Å². The third-order valence-electron chi connectivity index (χ3n) is 2.59. The van der Waals surface area contributed by atoms with Gasteiger partial charge in [-0.15, -0.1) is 0 Å². The van der Waals surface area contributed by atoms with Gasteiger partial charge >= 0.3 is 0 Å². The van der Waals surface area contributed by atoms with Crippen LogP contribution in [-0.2, 0) is 0 Å². The summed E-state index contributed by atoms with van der Waals surface area (Å²) < 4.78 is 0. The highest BCUT2D eigenvalue weighted by atomic mass is 16.6. The second-order valence-corrected chi connectivity index (χ2v) is 4.13. The van der Waals surface area contributed by atoms with Gasteiger partial charge in [0.05, 0.1) is 22.7 Å². The molecule has 1 aromatic rings. The van der Waals surface area contributed by atoms with Gasteiger partial charge in [-0.05, 0) is 25.5 Å². The van der Waals surface area contributed by atoms with E-state index in [-0.39, 0.29) is 11.3 Å². The third kappa shape index (κ3) is 3.43. The fourth-order valence-corrected chi connectivity index (χ4v) is 1.56. The molecule has 0 aromatic heterocycles. The van der Waals surface area contributed by atoms with E-state index in [4.69, 9.17) is 5.26 Å². The van der Waals surface area contributed by atoms with Crippen molar-refractivity contribution in [2.45, 2.75) is 19.4 Å². The van der Waals surface area contributed by atoms with Crippen LogP contribution in [0.4, 0.5) is 11.4 Å². The van der Waals surface area contributed by atoms with Gasteiger partial charge in [-0.25, -0.2) is 0 Å². The molecular formula is C12H15N3O3. The summed E-state index contributed by atoms with van der Waals surface area (Å²) >= 11 is 0. The van der Waals surface area contributed by atoms with Crippen molar-refractivity contribution in [2.24, 2.45) is 0 Å². The number of hydrogen-bond acceptors (Lipinski definition) is 5. The average Bonchev–Trinajstić information content (AvgIpc) is 2.34. The Morgan fingerprint density at radius 3 is 2.78 bits per heavy atom. The van der Waals surface area contributed by atoms with Crippen molar-refractivity contribution >= 4 is 11.4 Å². The summed E-state index contributed by atoms with van der Waals surface area (Å²) in [7, 11) is 1.72. The lowest BCUT2D eigenvalue weighted by molar-refractivity contribution is -0.384. The lowest BCUT2D eigenvalue weighted by Gasteiger charge is -2.19. The van der Waals surface area contributed by atoms with Gasteiger partial charge in [0.2, 0.25) is 0 Å². The monoisotopic (exact) mass is 249 g/mol. The van der Waals surface area contributed by atoms with Crippen LogP contribution in [0, 0.1) is 21.4 Å². The van der Waals surface area contributed by atoms with Gasteiger partial charge < -0.3 is 10.0 Å². The first kappa shape index (κ1) is 13.9. The van der Waals surface area contributed by atoms with Gasteiger partial charge in [-0.1, -0.05) is 0 Å². The van der Waals surface area contributed by atoms with Crippen LogP contribution in [0.5, 0.6) is 0 Å². The highest BCUT2D eigenvalue weighted by Crippen LogP contribution is 2.28. The second-order valence-electron chi connectivity index (χ2n) is 4.13. The minimum atomic E-state index is -0.505. The normalized spacial score (nSPS) is 11.7. The van der Waals surface area contributed by atoms with E-state index in [1.54, 1.807) is 31.0 Å². The molecule has 0 saturated carbocycles.